The molecule has 0 saturated carbocycles. The highest BCUT2D eigenvalue weighted by Gasteiger charge is 2.44. The molecule has 1 aromatic carbocycles. The molecule has 2 N–H and O–H groups in total. The molecule has 0 radical (unpaired) electrons. The van der Waals surface area contributed by atoms with E-state index in [4.69, 9.17) is 0 Å². The SMILES string of the molecule is CC(=O)[C@@H]1c2cc(C)c(O)cc2C(=O)C[C@@]1(C)O. The number of carbonyl (C=O) groups is 2. The third-order valence-electron chi connectivity index (χ3n) is 3.53. The standard InChI is InChI=1S/C14H16O4/c1-7-4-10-9(5-11(7)16)12(17)6-14(3,18)13(10)8(2)15/h4-5,13,16,18H,6H2,1-3H3/t13-,14-/m1/s1. The summed E-state index contributed by atoms with van der Waals surface area (Å²) in [6.45, 7) is 4.60. The van der Waals surface area contributed by atoms with Gasteiger partial charge in [0.2, 0.25) is 0 Å². The molecule has 0 aromatic heterocycles. The van der Waals surface area contributed by atoms with E-state index in [0.717, 1.165) is 0 Å². The fourth-order valence-electron chi connectivity index (χ4n) is 2.71. The molecule has 0 aliphatic heterocycles. The van der Waals surface area contributed by atoms with Crippen molar-refractivity contribution in [3.05, 3.63) is 28.8 Å². The Hall–Kier alpha value is -1.68. The van der Waals surface area contributed by atoms with Crippen LogP contribution in [0.4, 0.5) is 0 Å². The number of ketones is 2. The summed E-state index contributed by atoms with van der Waals surface area (Å²) in [5, 5.41) is 19.9. The first-order valence-corrected chi connectivity index (χ1v) is 5.83. The Morgan fingerprint density at radius 1 is 1.44 bits per heavy atom. The molecule has 0 amide bonds. The van der Waals surface area contributed by atoms with Crippen LogP contribution in [0.3, 0.4) is 0 Å². The number of aromatic hydroxyl groups is 1. The zero-order valence-corrected chi connectivity index (χ0v) is 10.7. The zero-order valence-electron chi connectivity index (χ0n) is 10.7. The van der Waals surface area contributed by atoms with Crippen molar-refractivity contribution in [2.24, 2.45) is 0 Å². The molecule has 1 aromatic rings. The van der Waals surface area contributed by atoms with Gasteiger partial charge in [0, 0.05) is 12.0 Å². The van der Waals surface area contributed by atoms with Gasteiger partial charge >= 0.3 is 0 Å². The molecule has 4 heteroatoms. The van der Waals surface area contributed by atoms with E-state index >= 15 is 0 Å². The van der Waals surface area contributed by atoms with Gasteiger partial charge in [-0.1, -0.05) is 6.07 Å². The van der Waals surface area contributed by atoms with E-state index < -0.39 is 11.5 Å². The number of aliphatic hydroxyl groups is 1. The van der Waals surface area contributed by atoms with Crippen LogP contribution in [0.15, 0.2) is 12.1 Å². The molecule has 1 aliphatic rings. The van der Waals surface area contributed by atoms with E-state index in [1.807, 2.05) is 0 Å². The van der Waals surface area contributed by atoms with Crippen LogP contribution >= 0.6 is 0 Å². The zero-order chi connectivity index (χ0) is 13.7. The van der Waals surface area contributed by atoms with Gasteiger partial charge in [0.25, 0.3) is 0 Å². The van der Waals surface area contributed by atoms with Crippen molar-refractivity contribution in [3.8, 4) is 5.75 Å². The highest BCUT2D eigenvalue weighted by atomic mass is 16.3. The van der Waals surface area contributed by atoms with Gasteiger partial charge in [0.05, 0.1) is 11.5 Å². The Morgan fingerprint density at radius 3 is 2.61 bits per heavy atom. The molecule has 1 aliphatic carbocycles. The van der Waals surface area contributed by atoms with Crippen LogP contribution in [-0.4, -0.2) is 27.4 Å². The summed E-state index contributed by atoms with van der Waals surface area (Å²) in [5.41, 5.74) is 0.0775. The van der Waals surface area contributed by atoms with Crippen LogP contribution in [0.2, 0.25) is 0 Å². The topological polar surface area (TPSA) is 74.6 Å². The van der Waals surface area contributed by atoms with Gasteiger partial charge in [-0.3, -0.25) is 9.59 Å². The van der Waals surface area contributed by atoms with E-state index in [2.05, 4.69) is 0 Å². The largest absolute Gasteiger partial charge is 0.508 e. The molecule has 4 nitrogen and oxygen atoms in total. The number of carbonyl (C=O) groups excluding carboxylic acids is 2. The number of benzene rings is 1. The van der Waals surface area contributed by atoms with Gasteiger partial charge in [-0.25, -0.2) is 0 Å². The predicted molar refractivity (Wildman–Crippen MR) is 65.8 cm³/mol. The van der Waals surface area contributed by atoms with E-state index in [1.54, 1.807) is 13.0 Å². The lowest BCUT2D eigenvalue weighted by Crippen LogP contribution is -2.43. The maximum Gasteiger partial charge on any atom is 0.166 e. The van der Waals surface area contributed by atoms with Crippen molar-refractivity contribution in [1.82, 2.24) is 0 Å². The summed E-state index contributed by atoms with van der Waals surface area (Å²) in [6, 6.07) is 3.00. The normalized spacial score (nSPS) is 26.9. The molecule has 0 fully saturated rings. The lowest BCUT2D eigenvalue weighted by atomic mass is 9.70. The van der Waals surface area contributed by atoms with Crippen molar-refractivity contribution in [2.75, 3.05) is 0 Å². The number of fused-ring (bicyclic) bond motifs is 1. The number of rotatable bonds is 1. The summed E-state index contributed by atoms with van der Waals surface area (Å²) in [6.07, 6.45) is -0.104. The number of phenolic OH excluding ortho intramolecular Hbond substituents is 1. The second-order valence-corrected chi connectivity index (χ2v) is 5.23. The first kappa shape index (κ1) is 12.8. The second-order valence-electron chi connectivity index (χ2n) is 5.23. The quantitative estimate of drug-likeness (QED) is 0.793. The maximum atomic E-state index is 12.0. The monoisotopic (exact) mass is 248 g/mol. The van der Waals surface area contributed by atoms with Crippen LogP contribution in [0.5, 0.6) is 5.75 Å². The number of hydrogen-bond donors (Lipinski definition) is 2. The van der Waals surface area contributed by atoms with Gasteiger partial charge < -0.3 is 10.2 Å². The van der Waals surface area contributed by atoms with Crippen molar-refractivity contribution >= 4 is 11.6 Å². The van der Waals surface area contributed by atoms with Crippen LogP contribution in [0, 0.1) is 6.92 Å². The fraction of sp³-hybridized carbons (Fsp3) is 0.429. The Labute approximate surface area is 105 Å². The van der Waals surface area contributed by atoms with Crippen LogP contribution < -0.4 is 0 Å². The Bertz CT molecular complexity index is 543. The summed E-state index contributed by atoms with van der Waals surface area (Å²) in [7, 11) is 0. The number of phenols is 1. The fourth-order valence-corrected chi connectivity index (χ4v) is 2.71. The van der Waals surface area contributed by atoms with Crippen LogP contribution in [0.1, 0.15) is 47.7 Å². The minimum absolute atomic E-state index is 0.0333. The first-order chi connectivity index (χ1) is 8.24. The van der Waals surface area contributed by atoms with E-state index in [-0.39, 0.29) is 23.7 Å². The predicted octanol–water partition coefficient (Wildman–Crippen LogP) is 1.71. The van der Waals surface area contributed by atoms with E-state index in [9.17, 15) is 19.8 Å². The molecule has 18 heavy (non-hydrogen) atoms. The summed E-state index contributed by atoms with van der Waals surface area (Å²) < 4.78 is 0. The van der Waals surface area contributed by atoms with Crippen molar-refractivity contribution < 1.29 is 19.8 Å². The first-order valence-electron chi connectivity index (χ1n) is 5.83. The minimum atomic E-state index is -1.36. The highest BCUT2D eigenvalue weighted by Crippen LogP contribution is 2.41. The summed E-state index contributed by atoms with van der Waals surface area (Å²) in [5.74, 6) is -1.11. The van der Waals surface area contributed by atoms with Crippen molar-refractivity contribution in [1.29, 1.82) is 0 Å². The second kappa shape index (κ2) is 3.92. The Balaban J connectivity index is 2.71. The summed E-state index contributed by atoms with van der Waals surface area (Å²) >= 11 is 0. The van der Waals surface area contributed by atoms with Crippen molar-refractivity contribution in [3.63, 3.8) is 0 Å². The maximum absolute atomic E-state index is 12.0. The van der Waals surface area contributed by atoms with Crippen molar-refractivity contribution in [2.45, 2.75) is 38.7 Å². The molecule has 0 unspecified atom stereocenters. The third kappa shape index (κ3) is 1.82. The molecule has 0 bridgehead atoms. The molecule has 2 rings (SSSR count). The molecule has 0 spiro atoms. The summed E-state index contributed by atoms with van der Waals surface area (Å²) in [4.78, 5) is 23.7. The van der Waals surface area contributed by atoms with Gasteiger partial charge in [-0.15, -0.1) is 0 Å². The lowest BCUT2D eigenvalue weighted by Gasteiger charge is -2.36. The van der Waals surface area contributed by atoms with Gasteiger partial charge in [0.1, 0.15) is 11.5 Å². The van der Waals surface area contributed by atoms with Gasteiger partial charge in [-0.2, -0.15) is 0 Å². The lowest BCUT2D eigenvalue weighted by molar-refractivity contribution is -0.124. The third-order valence-corrected chi connectivity index (χ3v) is 3.53. The Morgan fingerprint density at radius 2 is 2.06 bits per heavy atom. The average Bonchev–Trinajstić information content (AvgIpc) is 2.19. The van der Waals surface area contributed by atoms with E-state index in [0.29, 0.717) is 16.7 Å². The van der Waals surface area contributed by atoms with Crippen LogP contribution in [0.25, 0.3) is 0 Å². The molecular weight excluding hydrogens is 232 g/mol. The average molecular weight is 248 g/mol. The number of hydrogen-bond acceptors (Lipinski definition) is 4. The van der Waals surface area contributed by atoms with Gasteiger partial charge in [-0.05, 0) is 38.0 Å². The molecule has 96 valence electrons. The number of Topliss-reactive ketones (excluding diaryl/α,β-unsaturated/α-hetero) is 2. The van der Waals surface area contributed by atoms with Crippen LogP contribution in [-0.2, 0) is 4.79 Å². The number of aryl methyl sites for hydroxylation is 1. The molecule has 0 heterocycles. The Kier molecular flexibility index (Phi) is 2.78. The molecule has 0 saturated heterocycles. The highest BCUT2D eigenvalue weighted by molar-refractivity contribution is 6.03. The van der Waals surface area contributed by atoms with Gasteiger partial charge in [0.15, 0.2) is 5.78 Å². The van der Waals surface area contributed by atoms with E-state index in [1.165, 1.54) is 19.9 Å². The molecular formula is C14H16O4. The smallest absolute Gasteiger partial charge is 0.166 e. The minimum Gasteiger partial charge on any atom is -0.508 e. The molecule has 2 atom stereocenters.